The fourth-order valence-corrected chi connectivity index (χ4v) is 4.12. The zero-order valence-electron chi connectivity index (χ0n) is 18.9. The first-order valence-corrected chi connectivity index (χ1v) is 10.7. The van der Waals surface area contributed by atoms with Gasteiger partial charge in [0.15, 0.2) is 11.5 Å². The van der Waals surface area contributed by atoms with Gasteiger partial charge in [0.25, 0.3) is 0 Å². The van der Waals surface area contributed by atoms with Crippen molar-refractivity contribution in [2.24, 2.45) is 16.7 Å². The minimum absolute atomic E-state index is 0.318. The van der Waals surface area contributed by atoms with E-state index in [1.165, 1.54) is 18.4 Å². The molecule has 0 bridgehead atoms. The van der Waals surface area contributed by atoms with Gasteiger partial charge in [-0.05, 0) is 98.4 Å². The first-order valence-electron chi connectivity index (χ1n) is 10.7. The van der Waals surface area contributed by atoms with E-state index in [2.05, 4.69) is 11.9 Å². The summed E-state index contributed by atoms with van der Waals surface area (Å²) < 4.78 is 11.6. The maximum atomic E-state index is 12.7. The van der Waals surface area contributed by atoms with Crippen LogP contribution in [0.2, 0.25) is 0 Å². The van der Waals surface area contributed by atoms with E-state index < -0.39 is 10.8 Å². The Morgan fingerprint density at radius 2 is 1.59 bits per heavy atom. The van der Waals surface area contributed by atoms with E-state index in [0.717, 1.165) is 24.9 Å². The summed E-state index contributed by atoms with van der Waals surface area (Å²) in [6.07, 6.45) is 4.14. The Balaban J connectivity index is 2.02. The number of ether oxygens (including phenoxy) is 2. The van der Waals surface area contributed by atoms with E-state index in [1.54, 1.807) is 6.07 Å². The van der Waals surface area contributed by atoms with Crippen molar-refractivity contribution in [3.05, 3.63) is 23.3 Å². The number of likely N-dealkylation sites (tertiary alicyclic amines) is 1. The van der Waals surface area contributed by atoms with E-state index >= 15 is 0 Å². The number of nitrogens with zero attached hydrogens (tertiary/aromatic N) is 1. The van der Waals surface area contributed by atoms with Crippen molar-refractivity contribution in [1.82, 2.24) is 4.90 Å². The largest absolute Gasteiger partial charge is 0.422 e. The second-order valence-electron chi connectivity index (χ2n) is 10.7. The highest BCUT2D eigenvalue weighted by Crippen LogP contribution is 2.43. The predicted molar refractivity (Wildman–Crippen MR) is 113 cm³/mol. The van der Waals surface area contributed by atoms with Crippen LogP contribution in [0.5, 0.6) is 11.5 Å². The highest BCUT2D eigenvalue weighted by molar-refractivity contribution is 5.82. The summed E-state index contributed by atoms with van der Waals surface area (Å²) >= 11 is 0. The van der Waals surface area contributed by atoms with Gasteiger partial charge in [0.1, 0.15) is 0 Å². The molecule has 3 rings (SSSR count). The lowest BCUT2D eigenvalue weighted by molar-refractivity contribution is -0.145. The Morgan fingerprint density at radius 1 is 0.966 bits per heavy atom. The van der Waals surface area contributed by atoms with Crippen LogP contribution in [0.15, 0.2) is 12.1 Å². The molecule has 0 spiro atoms. The van der Waals surface area contributed by atoms with Crippen molar-refractivity contribution in [2.75, 3.05) is 13.6 Å². The van der Waals surface area contributed by atoms with Crippen LogP contribution in [-0.4, -0.2) is 36.5 Å². The first kappa shape index (κ1) is 21.8. The molecule has 1 fully saturated rings. The Kier molecular flexibility index (Phi) is 5.83. The molecule has 29 heavy (non-hydrogen) atoms. The smallest absolute Gasteiger partial charge is 0.316 e. The molecule has 0 aromatic heterocycles. The van der Waals surface area contributed by atoms with Gasteiger partial charge in [0.2, 0.25) is 0 Å². The predicted octanol–water partition coefficient (Wildman–Crippen LogP) is 4.40. The molecule has 1 saturated heterocycles. The maximum Gasteiger partial charge on any atom is 0.316 e. The average Bonchev–Trinajstić information content (AvgIpc) is 2.61. The average molecular weight is 402 g/mol. The molecule has 2 aliphatic rings. The Morgan fingerprint density at radius 3 is 2.21 bits per heavy atom. The van der Waals surface area contributed by atoms with Crippen LogP contribution in [0, 0.1) is 16.7 Å². The second kappa shape index (κ2) is 7.75. The third kappa shape index (κ3) is 4.66. The van der Waals surface area contributed by atoms with Crippen molar-refractivity contribution < 1.29 is 19.1 Å². The van der Waals surface area contributed by atoms with Crippen molar-refractivity contribution in [3.8, 4) is 11.5 Å². The number of fused-ring (bicyclic) bond motifs is 2. The zero-order valence-corrected chi connectivity index (χ0v) is 18.9. The molecule has 1 aromatic carbocycles. The van der Waals surface area contributed by atoms with Gasteiger partial charge in [-0.25, -0.2) is 0 Å². The lowest BCUT2D eigenvalue weighted by atomic mass is 9.75. The van der Waals surface area contributed by atoms with Gasteiger partial charge in [0.05, 0.1) is 10.8 Å². The molecule has 2 atom stereocenters. The minimum atomic E-state index is -0.643. The molecule has 160 valence electrons. The second-order valence-corrected chi connectivity index (χ2v) is 10.7. The molecule has 0 amide bonds. The van der Waals surface area contributed by atoms with Crippen LogP contribution >= 0.6 is 0 Å². The highest BCUT2D eigenvalue weighted by Gasteiger charge is 2.37. The van der Waals surface area contributed by atoms with Crippen molar-refractivity contribution in [2.45, 2.75) is 73.3 Å². The summed E-state index contributed by atoms with van der Waals surface area (Å²) in [5.41, 5.74) is 0.930. The minimum Gasteiger partial charge on any atom is -0.422 e. The molecule has 1 aromatic rings. The van der Waals surface area contributed by atoms with Gasteiger partial charge in [-0.3, -0.25) is 9.59 Å². The quantitative estimate of drug-likeness (QED) is 0.543. The monoisotopic (exact) mass is 401 g/mol. The van der Waals surface area contributed by atoms with Gasteiger partial charge in [-0.2, -0.15) is 0 Å². The summed E-state index contributed by atoms with van der Waals surface area (Å²) in [7, 11) is 2.20. The Labute approximate surface area is 174 Å². The van der Waals surface area contributed by atoms with Gasteiger partial charge in [0, 0.05) is 11.6 Å². The lowest BCUT2D eigenvalue weighted by Crippen LogP contribution is -2.47. The van der Waals surface area contributed by atoms with E-state index in [1.807, 2.05) is 47.6 Å². The number of hydrogen-bond donors (Lipinski definition) is 0. The molecular weight excluding hydrogens is 366 g/mol. The number of esters is 2. The number of carbonyl (C=O) groups is 2. The van der Waals surface area contributed by atoms with E-state index in [9.17, 15) is 9.59 Å². The molecule has 1 aliphatic heterocycles. The normalized spacial score (nSPS) is 22.4. The van der Waals surface area contributed by atoms with Gasteiger partial charge in [-0.1, -0.05) is 6.07 Å². The van der Waals surface area contributed by atoms with Gasteiger partial charge in [-0.15, -0.1) is 0 Å². The third-order valence-electron chi connectivity index (χ3n) is 6.03. The van der Waals surface area contributed by atoms with Crippen LogP contribution < -0.4 is 9.47 Å². The van der Waals surface area contributed by atoms with Gasteiger partial charge < -0.3 is 14.4 Å². The first-order chi connectivity index (χ1) is 13.4. The Hall–Kier alpha value is -1.88. The van der Waals surface area contributed by atoms with Crippen LogP contribution in [0.1, 0.15) is 65.5 Å². The lowest BCUT2D eigenvalue weighted by Gasteiger charge is -2.43. The standard InChI is InChI=1S/C24H35NO4/c1-23(2,3)21(26)28-19-11-10-15-14-18-16(9-8-12-25(18)7)13-17(15)20(19)29-22(27)24(4,5)6/h10-11,16,18H,8-9,12-14H2,1-7H3/t16-,18-/m1/s1. The van der Waals surface area contributed by atoms with E-state index in [0.29, 0.717) is 23.5 Å². The van der Waals surface area contributed by atoms with E-state index in [-0.39, 0.29) is 11.9 Å². The van der Waals surface area contributed by atoms with Crippen LogP contribution in [0.4, 0.5) is 0 Å². The third-order valence-corrected chi connectivity index (χ3v) is 6.03. The number of hydrogen-bond acceptors (Lipinski definition) is 5. The summed E-state index contributed by atoms with van der Waals surface area (Å²) in [4.78, 5) is 27.7. The number of likely N-dealkylation sites (N-methyl/N-ethyl adjacent to an activating group) is 1. The molecule has 0 N–H and O–H groups in total. The van der Waals surface area contributed by atoms with E-state index in [4.69, 9.17) is 9.47 Å². The molecule has 0 radical (unpaired) electrons. The molecule has 0 unspecified atom stereocenters. The maximum absolute atomic E-state index is 12.7. The topological polar surface area (TPSA) is 55.8 Å². The van der Waals surface area contributed by atoms with Crippen molar-refractivity contribution >= 4 is 11.9 Å². The number of carbonyl (C=O) groups excluding carboxylic acids is 2. The zero-order chi connectivity index (χ0) is 21.6. The van der Waals surface area contributed by atoms with Crippen LogP contribution in [0.3, 0.4) is 0 Å². The summed E-state index contributed by atoms with van der Waals surface area (Å²) in [5.74, 6) is 0.663. The fourth-order valence-electron chi connectivity index (χ4n) is 4.12. The van der Waals surface area contributed by atoms with Crippen LogP contribution in [0.25, 0.3) is 0 Å². The summed E-state index contributed by atoms with van der Waals surface area (Å²) in [6.45, 7) is 12.1. The highest BCUT2D eigenvalue weighted by atomic mass is 16.6. The molecule has 1 aliphatic carbocycles. The van der Waals surface area contributed by atoms with Crippen molar-refractivity contribution in [3.63, 3.8) is 0 Å². The van der Waals surface area contributed by atoms with Gasteiger partial charge >= 0.3 is 11.9 Å². The van der Waals surface area contributed by atoms with Crippen LogP contribution in [-0.2, 0) is 22.4 Å². The van der Waals surface area contributed by atoms with Crippen molar-refractivity contribution in [1.29, 1.82) is 0 Å². The number of rotatable bonds is 2. The molecule has 0 saturated carbocycles. The summed E-state index contributed by atoms with van der Waals surface area (Å²) in [6, 6.07) is 4.34. The molecule has 5 heteroatoms. The summed E-state index contributed by atoms with van der Waals surface area (Å²) in [5, 5.41) is 0. The molecule has 5 nitrogen and oxygen atoms in total. The SMILES string of the molecule is CN1CCC[C@@H]2Cc3c(ccc(OC(=O)C(C)(C)C)c3OC(=O)C(C)(C)C)C[C@H]21. The number of piperidine rings is 1. The fraction of sp³-hybridized carbons (Fsp3) is 0.667. The number of benzene rings is 1. The molecule has 1 heterocycles. The molecular formula is C24H35NO4. The Bertz CT molecular complexity index is 800.